The highest BCUT2D eigenvalue weighted by atomic mass is 16.5. The Bertz CT molecular complexity index is 774. The van der Waals surface area contributed by atoms with Gasteiger partial charge in [0.1, 0.15) is 17.5 Å². The number of fused-ring (bicyclic) bond motifs is 1. The van der Waals surface area contributed by atoms with Gasteiger partial charge in [-0.25, -0.2) is 0 Å². The number of aliphatic hydroxyl groups is 1. The van der Waals surface area contributed by atoms with E-state index in [0.717, 1.165) is 5.56 Å². The minimum Gasteiger partial charge on any atom is -0.485 e. The zero-order chi connectivity index (χ0) is 17.5. The molecule has 124 valence electrons. The Morgan fingerprint density at radius 3 is 2.75 bits per heavy atom. The molecule has 2 aliphatic heterocycles. The molecule has 0 saturated carbocycles. The average Bonchev–Trinajstić information content (AvgIpc) is 2.89. The minimum atomic E-state index is -0.839. The van der Waals surface area contributed by atoms with Crippen molar-refractivity contribution in [2.75, 3.05) is 20.1 Å². The summed E-state index contributed by atoms with van der Waals surface area (Å²) in [5.74, 6) is 1.16. The van der Waals surface area contributed by atoms with Crippen LogP contribution in [-0.2, 0) is 0 Å². The van der Waals surface area contributed by atoms with Gasteiger partial charge in [-0.2, -0.15) is 10.5 Å². The lowest BCUT2D eigenvalue weighted by Crippen LogP contribution is -2.54. The van der Waals surface area contributed by atoms with Crippen LogP contribution in [0, 0.1) is 22.8 Å². The van der Waals surface area contributed by atoms with Crippen molar-refractivity contribution in [1.82, 2.24) is 9.80 Å². The minimum absolute atomic E-state index is 0.436. The van der Waals surface area contributed by atoms with Crippen LogP contribution >= 0.6 is 0 Å². The van der Waals surface area contributed by atoms with Crippen LogP contribution in [0.3, 0.4) is 0 Å². The highest BCUT2D eigenvalue weighted by Gasteiger charge is 2.47. The smallest absolute Gasteiger partial charge is 0.213 e. The Kier molecular flexibility index (Phi) is 3.82. The number of nitriles is 2. The highest BCUT2D eigenvalue weighted by molar-refractivity contribution is 5.83. The van der Waals surface area contributed by atoms with Crippen LogP contribution in [0.15, 0.2) is 23.2 Å². The number of hydrogen-bond donors (Lipinski definition) is 1. The molecule has 7 heteroatoms. The molecule has 0 aromatic heterocycles. The van der Waals surface area contributed by atoms with Gasteiger partial charge >= 0.3 is 0 Å². The first kappa shape index (κ1) is 16.1. The molecule has 0 aliphatic carbocycles. The van der Waals surface area contributed by atoms with E-state index in [-0.39, 0.29) is 0 Å². The van der Waals surface area contributed by atoms with E-state index in [1.54, 1.807) is 18.2 Å². The number of likely N-dealkylation sites (N-methyl/N-ethyl adjacent to an activating group) is 1. The lowest BCUT2D eigenvalue weighted by atomic mass is 9.85. The monoisotopic (exact) mass is 325 g/mol. The molecule has 0 amide bonds. The fourth-order valence-electron chi connectivity index (χ4n) is 3.31. The Labute approximate surface area is 141 Å². The van der Waals surface area contributed by atoms with E-state index in [1.807, 2.05) is 36.9 Å². The molecular weight excluding hydrogens is 306 g/mol. The van der Waals surface area contributed by atoms with Crippen molar-refractivity contribution < 1.29 is 9.84 Å². The molecule has 2 atom stereocenters. The van der Waals surface area contributed by atoms with E-state index < -0.39 is 17.7 Å². The van der Waals surface area contributed by atoms with Gasteiger partial charge in [-0.1, -0.05) is 0 Å². The van der Waals surface area contributed by atoms with Gasteiger partial charge in [0.25, 0.3) is 0 Å². The molecule has 1 N–H and O–H groups in total. The topological polar surface area (TPSA) is 95.9 Å². The van der Waals surface area contributed by atoms with Crippen LogP contribution in [0.25, 0.3) is 0 Å². The van der Waals surface area contributed by atoms with Crippen LogP contribution in [0.2, 0.25) is 0 Å². The molecule has 2 aliphatic rings. The van der Waals surface area contributed by atoms with Gasteiger partial charge in [0.15, 0.2) is 0 Å². The number of aliphatic imine (C=N–C) groups is 1. The third-order valence-corrected chi connectivity index (χ3v) is 4.60. The van der Waals surface area contributed by atoms with Gasteiger partial charge in [-0.15, -0.1) is 4.99 Å². The molecular formula is C17H19N5O2. The van der Waals surface area contributed by atoms with E-state index >= 15 is 0 Å². The summed E-state index contributed by atoms with van der Waals surface area (Å²) in [5.41, 5.74) is 0.437. The van der Waals surface area contributed by atoms with E-state index in [4.69, 9.17) is 10.00 Å². The zero-order valence-electron chi connectivity index (χ0n) is 13.9. The summed E-state index contributed by atoms with van der Waals surface area (Å²) >= 11 is 0. The third kappa shape index (κ3) is 2.44. The van der Waals surface area contributed by atoms with Gasteiger partial charge in [0.2, 0.25) is 12.2 Å². The quantitative estimate of drug-likeness (QED) is 0.780. The van der Waals surface area contributed by atoms with E-state index in [2.05, 4.69) is 11.1 Å². The largest absolute Gasteiger partial charge is 0.485 e. The van der Waals surface area contributed by atoms with Gasteiger partial charge in [0.05, 0.1) is 17.7 Å². The fourth-order valence-corrected chi connectivity index (χ4v) is 3.31. The average molecular weight is 325 g/mol. The first-order valence-electron chi connectivity index (χ1n) is 7.74. The Morgan fingerprint density at radius 2 is 2.08 bits per heavy atom. The summed E-state index contributed by atoms with van der Waals surface area (Å²) in [6.07, 6.45) is 0.992. The molecule has 2 unspecified atom stereocenters. The second kappa shape index (κ2) is 5.70. The van der Waals surface area contributed by atoms with Gasteiger partial charge < -0.3 is 19.6 Å². The summed E-state index contributed by atoms with van der Waals surface area (Å²) in [6.45, 7) is 4.99. The zero-order valence-corrected chi connectivity index (χ0v) is 13.9. The fraction of sp³-hybridized carbons (Fsp3) is 0.471. The highest BCUT2D eigenvalue weighted by Crippen LogP contribution is 2.44. The maximum absolute atomic E-state index is 10.9. The Hall–Kier alpha value is -2.77. The Morgan fingerprint density at radius 1 is 1.33 bits per heavy atom. The molecule has 0 bridgehead atoms. The van der Waals surface area contributed by atoms with Crippen molar-refractivity contribution in [3.05, 3.63) is 29.3 Å². The van der Waals surface area contributed by atoms with Crippen molar-refractivity contribution >= 4 is 5.96 Å². The molecule has 0 spiro atoms. The second-order valence-electron chi connectivity index (χ2n) is 6.59. The number of benzene rings is 1. The first-order chi connectivity index (χ1) is 11.4. The normalized spacial score (nSPS) is 26.5. The van der Waals surface area contributed by atoms with Crippen molar-refractivity contribution in [1.29, 1.82) is 10.5 Å². The molecule has 1 fully saturated rings. The molecule has 1 saturated heterocycles. The van der Waals surface area contributed by atoms with E-state index in [9.17, 15) is 10.4 Å². The van der Waals surface area contributed by atoms with Crippen LogP contribution in [0.1, 0.15) is 31.0 Å². The van der Waals surface area contributed by atoms with Gasteiger partial charge in [-0.05, 0) is 32.0 Å². The summed E-state index contributed by atoms with van der Waals surface area (Å²) in [6, 6.07) is 6.88. The van der Waals surface area contributed by atoms with Gasteiger partial charge in [-0.3, -0.25) is 0 Å². The maximum Gasteiger partial charge on any atom is 0.213 e. The summed E-state index contributed by atoms with van der Waals surface area (Å²) < 4.78 is 5.94. The Balaban J connectivity index is 2.14. The van der Waals surface area contributed by atoms with Crippen molar-refractivity contribution in [2.24, 2.45) is 4.99 Å². The van der Waals surface area contributed by atoms with Crippen LogP contribution < -0.4 is 4.74 Å². The van der Waals surface area contributed by atoms with Crippen molar-refractivity contribution in [3.8, 4) is 18.0 Å². The van der Waals surface area contributed by atoms with Gasteiger partial charge in [0, 0.05) is 25.7 Å². The van der Waals surface area contributed by atoms with Crippen molar-refractivity contribution in [2.45, 2.75) is 31.6 Å². The molecule has 0 radical (unpaired) electrons. The molecule has 2 heterocycles. The van der Waals surface area contributed by atoms with E-state index in [1.165, 1.54) is 0 Å². The summed E-state index contributed by atoms with van der Waals surface area (Å²) in [4.78, 5) is 7.71. The molecule has 7 nitrogen and oxygen atoms in total. The number of guanidine groups is 1. The predicted molar refractivity (Wildman–Crippen MR) is 87.0 cm³/mol. The first-order valence-corrected chi connectivity index (χ1v) is 7.74. The third-order valence-electron chi connectivity index (χ3n) is 4.60. The number of ether oxygens (including phenoxy) is 1. The molecule has 1 aromatic carbocycles. The lowest BCUT2D eigenvalue weighted by Gasteiger charge is -2.45. The number of hydrogen-bond acceptors (Lipinski definition) is 5. The molecule has 1 aromatic rings. The van der Waals surface area contributed by atoms with Crippen molar-refractivity contribution in [3.63, 3.8) is 0 Å². The number of nitrogens with zero attached hydrogens (tertiary/aromatic N) is 5. The van der Waals surface area contributed by atoms with Crippen LogP contribution in [0.4, 0.5) is 0 Å². The maximum atomic E-state index is 10.9. The summed E-state index contributed by atoms with van der Waals surface area (Å²) in [5, 5.41) is 29.1. The summed E-state index contributed by atoms with van der Waals surface area (Å²) in [7, 11) is 1.86. The predicted octanol–water partition coefficient (Wildman–Crippen LogP) is 1.22. The molecule has 24 heavy (non-hydrogen) atoms. The molecule has 3 rings (SSSR count). The number of rotatable bonds is 1. The second-order valence-corrected chi connectivity index (χ2v) is 6.59. The lowest BCUT2D eigenvalue weighted by molar-refractivity contribution is -0.0801. The number of aliphatic hydroxyl groups excluding tert-OH is 1. The standard InChI is InChI=1S/C17H19N5O2/c1-17(2)15(23)14(22-7-6-21(3)16(22)20-10-19)12-8-11(9-18)4-5-13(12)24-17/h4-5,8,14-15,23H,6-7H2,1-3H3. The van der Waals surface area contributed by atoms with E-state index in [0.29, 0.717) is 30.4 Å². The van der Waals surface area contributed by atoms with Crippen LogP contribution in [0.5, 0.6) is 5.75 Å². The SMILES string of the molecule is CN1CCN(C2c3cc(C#N)ccc3OC(C)(C)C2O)C1=NC#N. The van der Waals surface area contributed by atoms with Crippen LogP contribution in [-0.4, -0.2) is 52.7 Å².